The number of ether oxygens (including phenoxy) is 1. The third-order valence-electron chi connectivity index (χ3n) is 3.64. The lowest BCUT2D eigenvalue weighted by Gasteiger charge is -2.41. The van der Waals surface area contributed by atoms with Crippen LogP contribution in [-0.2, 0) is 11.2 Å². The fourth-order valence-electron chi connectivity index (χ4n) is 2.54. The Hall–Kier alpha value is -0.420. The zero-order valence-electron chi connectivity index (χ0n) is 11.6. The first kappa shape index (κ1) is 14.0. The normalized spacial score (nSPS) is 27.3. The molecule has 0 spiro atoms. The highest BCUT2D eigenvalue weighted by molar-refractivity contribution is 7.12. The highest BCUT2D eigenvalue weighted by atomic mass is 32.1. The first-order valence-electron chi connectivity index (χ1n) is 6.81. The molecular formula is C14H24N2OS. The van der Waals surface area contributed by atoms with Gasteiger partial charge in [0.1, 0.15) is 0 Å². The second kappa shape index (κ2) is 6.15. The monoisotopic (exact) mass is 268 g/mol. The third-order valence-corrected chi connectivity index (χ3v) is 4.97. The molecule has 1 fully saturated rings. The molecule has 1 aliphatic heterocycles. The van der Waals surface area contributed by atoms with E-state index in [4.69, 9.17) is 10.5 Å². The van der Waals surface area contributed by atoms with Crippen molar-refractivity contribution in [1.82, 2.24) is 4.90 Å². The summed E-state index contributed by atoms with van der Waals surface area (Å²) < 4.78 is 5.70. The number of rotatable bonds is 4. The van der Waals surface area contributed by atoms with Crippen molar-refractivity contribution < 1.29 is 4.74 Å². The van der Waals surface area contributed by atoms with Gasteiger partial charge in [-0.15, -0.1) is 11.3 Å². The summed E-state index contributed by atoms with van der Waals surface area (Å²) in [6.45, 7) is 9.03. The van der Waals surface area contributed by atoms with Crippen molar-refractivity contribution in [2.45, 2.75) is 45.4 Å². The molecule has 1 aromatic heterocycles. The second-order valence-electron chi connectivity index (χ2n) is 5.10. The van der Waals surface area contributed by atoms with Crippen molar-refractivity contribution in [2.75, 3.05) is 19.7 Å². The molecule has 2 heterocycles. The largest absolute Gasteiger partial charge is 0.376 e. The van der Waals surface area contributed by atoms with Gasteiger partial charge >= 0.3 is 0 Å². The minimum atomic E-state index is 0.306. The van der Waals surface area contributed by atoms with Gasteiger partial charge in [0, 0.05) is 28.9 Å². The number of thiophene rings is 1. The van der Waals surface area contributed by atoms with Gasteiger partial charge in [-0.25, -0.2) is 0 Å². The lowest BCUT2D eigenvalue weighted by molar-refractivity contribution is -0.0648. The van der Waals surface area contributed by atoms with Crippen LogP contribution in [0.2, 0.25) is 0 Å². The number of hydrogen-bond acceptors (Lipinski definition) is 4. The summed E-state index contributed by atoms with van der Waals surface area (Å²) >= 11 is 1.90. The zero-order chi connectivity index (χ0) is 13.1. The smallest absolute Gasteiger partial charge is 0.0675 e. The summed E-state index contributed by atoms with van der Waals surface area (Å²) in [4.78, 5) is 5.34. The molecule has 102 valence electrons. The minimum absolute atomic E-state index is 0.306. The molecular weight excluding hydrogens is 244 g/mol. The Morgan fingerprint density at radius 1 is 1.50 bits per heavy atom. The van der Waals surface area contributed by atoms with E-state index in [1.165, 1.54) is 9.75 Å². The van der Waals surface area contributed by atoms with Crippen molar-refractivity contribution in [3.63, 3.8) is 0 Å². The predicted octanol–water partition coefficient (Wildman–Crippen LogP) is 2.42. The molecule has 0 radical (unpaired) electrons. The molecule has 0 bridgehead atoms. The summed E-state index contributed by atoms with van der Waals surface area (Å²) in [6.07, 6.45) is 1.41. The number of hydrogen-bond donors (Lipinski definition) is 1. The minimum Gasteiger partial charge on any atom is -0.376 e. The summed E-state index contributed by atoms with van der Waals surface area (Å²) in [5.74, 6) is 0. The van der Waals surface area contributed by atoms with E-state index in [1.807, 2.05) is 11.3 Å². The van der Waals surface area contributed by atoms with Gasteiger partial charge in [0.2, 0.25) is 0 Å². The highest BCUT2D eigenvalue weighted by Gasteiger charge is 2.30. The molecule has 3 unspecified atom stereocenters. The average Bonchev–Trinajstić information content (AvgIpc) is 2.83. The zero-order valence-corrected chi connectivity index (χ0v) is 12.4. The van der Waals surface area contributed by atoms with Crippen LogP contribution in [0, 0.1) is 0 Å². The van der Waals surface area contributed by atoms with Crippen molar-refractivity contribution in [3.05, 3.63) is 21.9 Å². The quantitative estimate of drug-likeness (QED) is 0.911. The topological polar surface area (TPSA) is 38.5 Å². The molecule has 4 heteroatoms. The lowest BCUT2D eigenvalue weighted by Crippen LogP contribution is -2.50. The van der Waals surface area contributed by atoms with Gasteiger partial charge in [-0.3, -0.25) is 4.90 Å². The summed E-state index contributed by atoms with van der Waals surface area (Å²) in [7, 11) is 0. The van der Waals surface area contributed by atoms with Crippen molar-refractivity contribution in [3.8, 4) is 0 Å². The molecule has 3 atom stereocenters. The van der Waals surface area contributed by atoms with Crippen LogP contribution in [0.25, 0.3) is 0 Å². The summed E-state index contributed by atoms with van der Waals surface area (Å²) in [5, 5.41) is 0. The molecule has 0 amide bonds. The van der Waals surface area contributed by atoms with Crippen LogP contribution in [0.3, 0.4) is 0 Å². The number of nitrogens with zero attached hydrogens (tertiary/aromatic N) is 1. The van der Waals surface area contributed by atoms with Crippen LogP contribution in [0.1, 0.15) is 36.6 Å². The Kier molecular flexibility index (Phi) is 4.78. The van der Waals surface area contributed by atoms with Gasteiger partial charge in [-0.1, -0.05) is 6.92 Å². The molecule has 0 saturated carbocycles. The maximum Gasteiger partial charge on any atom is 0.0675 e. The van der Waals surface area contributed by atoms with Crippen LogP contribution < -0.4 is 5.73 Å². The fourth-order valence-corrected chi connectivity index (χ4v) is 3.63. The Balaban J connectivity index is 2.16. The molecule has 0 aromatic carbocycles. The number of aryl methyl sites for hydroxylation is 1. The molecule has 18 heavy (non-hydrogen) atoms. The van der Waals surface area contributed by atoms with Gasteiger partial charge in [-0.05, 0) is 32.4 Å². The van der Waals surface area contributed by atoms with Crippen LogP contribution in [0.15, 0.2) is 12.1 Å². The van der Waals surface area contributed by atoms with E-state index in [9.17, 15) is 0 Å². The van der Waals surface area contributed by atoms with Crippen LogP contribution in [0.4, 0.5) is 0 Å². The maximum atomic E-state index is 6.02. The summed E-state index contributed by atoms with van der Waals surface area (Å²) in [5.41, 5.74) is 6.02. The van der Waals surface area contributed by atoms with E-state index in [0.717, 1.165) is 19.6 Å². The molecule has 1 aromatic rings. The van der Waals surface area contributed by atoms with Gasteiger partial charge in [-0.2, -0.15) is 0 Å². The number of nitrogens with two attached hydrogens (primary N) is 1. The van der Waals surface area contributed by atoms with Crippen molar-refractivity contribution in [1.29, 1.82) is 0 Å². The Labute approximate surface area is 114 Å². The molecule has 3 nitrogen and oxygen atoms in total. The Bertz CT molecular complexity index is 380. The van der Waals surface area contributed by atoms with Gasteiger partial charge < -0.3 is 10.5 Å². The SMILES string of the molecule is CCc1ccc(C(CN)N2CC(C)OCC2C)s1. The highest BCUT2D eigenvalue weighted by Crippen LogP contribution is 2.30. The molecule has 1 saturated heterocycles. The van der Waals surface area contributed by atoms with Gasteiger partial charge in [0.05, 0.1) is 18.8 Å². The maximum absolute atomic E-state index is 6.02. The van der Waals surface area contributed by atoms with E-state index in [-0.39, 0.29) is 0 Å². The molecule has 2 N–H and O–H groups in total. The predicted molar refractivity (Wildman–Crippen MR) is 77.1 cm³/mol. The lowest BCUT2D eigenvalue weighted by atomic mass is 10.1. The molecule has 1 aliphatic rings. The fraction of sp³-hybridized carbons (Fsp3) is 0.714. The van der Waals surface area contributed by atoms with E-state index in [2.05, 4.69) is 37.8 Å². The number of morpholine rings is 1. The van der Waals surface area contributed by atoms with E-state index >= 15 is 0 Å². The third kappa shape index (κ3) is 2.94. The van der Waals surface area contributed by atoms with Gasteiger partial charge in [0.15, 0.2) is 0 Å². The summed E-state index contributed by atoms with van der Waals surface area (Å²) in [6, 6.07) is 5.27. The van der Waals surface area contributed by atoms with E-state index in [1.54, 1.807) is 0 Å². The Morgan fingerprint density at radius 3 is 2.89 bits per heavy atom. The van der Waals surface area contributed by atoms with Crippen LogP contribution in [-0.4, -0.2) is 36.7 Å². The second-order valence-corrected chi connectivity index (χ2v) is 6.30. The van der Waals surface area contributed by atoms with Crippen molar-refractivity contribution in [2.24, 2.45) is 5.73 Å². The van der Waals surface area contributed by atoms with E-state index in [0.29, 0.717) is 24.7 Å². The standard InChI is InChI=1S/C14H24N2OS/c1-4-12-5-6-14(18-12)13(7-15)16-8-11(3)17-9-10(16)2/h5-6,10-11,13H,4,7-9,15H2,1-3H3. The molecule has 2 rings (SSSR count). The molecule has 0 aliphatic carbocycles. The van der Waals surface area contributed by atoms with Crippen LogP contribution >= 0.6 is 11.3 Å². The first-order chi connectivity index (χ1) is 8.65. The van der Waals surface area contributed by atoms with E-state index < -0.39 is 0 Å². The Morgan fingerprint density at radius 2 is 2.28 bits per heavy atom. The average molecular weight is 268 g/mol. The van der Waals surface area contributed by atoms with Crippen molar-refractivity contribution >= 4 is 11.3 Å². The first-order valence-corrected chi connectivity index (χ1v) is 7.63. The van der Waals surface area contributed by atoms with Gasteiger partial charge in [0.25, 0.3) is 0 Å². The van der Waals surface area contributed by atoms with Crippen LogP contribution in [0.5, 0.6) is 0 Å².